The van der Waals surface area contributed by atoms with Gasteiger partial charge in [-0.2, -0.15) is 5.10 Å². The standard InChI is InChI=1S/C19H23N5O2/c1-12-8-13(2)23(22-12)11-17(25)21-16-9-18(26)24(15-5-6-15)19(16)14-4-3-7-20-10-14/h3-4,7-8,10,15-16,19H,5-6,9,11H2,1-2H3,(H,21,25)/t16-,19+/m1/s1. The molecule has 2 fully saturated rings. The van der Waals surface area contributed by atoms with Crippen molar-refractivity contribution in [3.05, 3.63) is 47.5 Å². The maximum atomic E-state index is 12.6. The predicted octanol–water partition coefficient (Wildman–Crippen LogP) is 1.52. The van der Waals surface area contributed by atoms with Gasteiger partial charge in [-0.1, -0.05) is 6.07 Å². The molecule has 1 saturated carbocycles. The zero-order chi connectivity index (χ0) is 18.3. The van der Waals surface area contributed by atoms with Gasteiger partial charge in [0.15, 0.2) is 0 Å². The molecule has 136 valence electrons. The van der Waals surface area contributed by atoms with Crippen LogP contribution < -0.4 is 5.32 Å². The van der Waals surface area contributed by atoms with Crippen molar-refractivity contribution in [2.75, 3.05) is 0 Å². The molecule has 2 aliphatic rings. The Hall–Kier alpha value is -2.70. The zero-order valence-corrected chi connectivity index (χ0v) is 15.1. The Balaban J connectivity index is 1.53. The molecule has 0 spiro atoms. The lowest BCUT2D eigenvalue weighted by atomic mass is 10.0. The Morgan fingerprint density at radius 1 is 1.35 bits per heavy atom. The highest BCUT2D eigenvalue weighted by Gasteiger charge is 2.47. The molecule has 1 aliphatic carbocycles. The maximum absolute atomic E-state index is 12.6. The topological polar surface area (TPSA) is 80.1 Å². The van der Waals surface area contributed by atoms with Crippen LogP contribution in [0.25, 0.3) is 0 Å². The molecule has 0 bridgehead atoms. The van der Waals surface area contributed by atoms with Crippen LogP contribution in [0.4, 0.5) is 0 Å². The number of hydrogen-bond acceptors (Lipinski definition) is 4. The van der Waals surface area contributed by atoms with Crippen LogP contribution >= 0.6 is 0 Å². The van der Waals surface area contributed by atoms with Gasteiger partial charge in [0.05, 0.1) is 17.8 Å². The maximum Gasteiger partial charge on any atom is 0.242 e. The van der Waals surface area contributed by atoms with E-state index in [4.69, 9.17) is 0 Å². The molecule has 4 rings (SSSR count). The number of likely N-dealkylation sites (tertiary alicyclic amines) is 1. The van der Waals surface area contributed by atoms with Gasteiger partial charge < -0.3 is 10.2 Å². The highest BCUT2D eigenvalue weighted by molar-refractivity contribution is 5.83. The van der Waals surface area contributed by atoms with E-state index in [1.54, 1.807) is 17.1 Å². The SMILES string of the molecule is Cc1cc(C)n(CC(=O)N[C@@H]2CC(=O)N(C3CC3)[C@H]2c2cccnc2)n1. The summed E-state index contributed by atoms with van der Waals surface area (Å²) in [6.45, 7) is 4.00. The summed E-state index contributed by atoms with van der Waals surface area (Å²) in [5.74, 6) is -0.0155. The molecule has 2 atom stereocenters. The number of carbonyl (C=O) groups is 2. The van der Waals surface area contributed by atoms with Crippen LogP contribution in [0.5, 0.6) is 0 Å². The summed E-state index contributed by atoms with van der Waals surface area (Å²) in [6.07, 6.45) is 5.92. The highest BCUT2D eigenvalue weighted by Crippen LogP contribution is 2.41. The molecule has 0 aromatic carbocycles. The van der Waals surface area contributed by atoms with Gasteiger partial charge >= 0.3 is 0 Å². The third kappa shape index (κ3) is 3.21. The average Bonchev–Trinajstić information content (AvgIpc) is 3.32. The lowest BCUT2D eigenvalue weighted by molar-refractivity contribution is -0.129. The van der Waals surface area contributed by atoms with E-state index in [1.807, 2.05) is 36.9 Å². The van der Waals surface area contributed by atoms with Crippen LogP contribution in [0.2, 0.25) is 0 Å². The van der Waals surface area contributed by atoms with E-state index in [0.29, 0.717) is 12.5 Å². The second-order valence-corrected chi connectivity index (χ2v) is 7.23. The first-order valence-electron chi connectivity index (χ1n) is 9.04. The lowest BCUT2D eigenvalue weighted by Gasteiger charge is -2.29. The summed E-state index contributed by atoms with van der Waals surface area (Å²) in [5.41, 5.74) is 2.81. The minimum atomic E-state index is -0.239. The van der Waals surface area contributed by atoms with Crippen LogP contribution in [0.1, 0.15) is 42.3 Å². The largest absolute Gasteiger partial charge is 0.349 e. The molecule has 7 heteroatoms. The number of rotatable bonds is 5. The Kier molecular flexibility index (Phi) is 4.22. The summed E-state index contributed by atoms with van der Waals surface area (Å²) < 4.78 is 1.69. The molecule has 7 nitrogen and oxygen atoms in total. The van der Waals surface area contributed by atoms with Crippen molar-refractivity contribution in [1.82, 2.24) is 25.0 Å². The van der Waals surface area contributed by atoms with Gasteiger partial charge in [-0.05, 0) is 44.4 Å². The fourth-order valence-electron chi connectivity index (χ4n) is 3.83. The molecule has 1 saturated heterocycles. The summed E-state index contributed by atoms with van der Waals surface area (Å²) in [7, 11) is 0. The average molecular weight is 353 g/mol. The van der Waals surface area contributed by atoms with E-state index in [1.165, 1.54) is 0 Å². The number of nitrogens with zero attached hydrogens (tertiary/aromatic N) is 4. The number of nitrogens with one attached hydrogen (secondary N) is 1. The summed E-state index contributed by atoms with van der Waals surface area (Å²) in [4.78, 5) is 31.3. The Labute approximate surface area is 152 Å². The summed E-state index contributed by atoms with van der Waals surface area (Å²) in [6, 6.07) is 5.71. The van der Waals surface area contributed by atoms with Crippen LogP contribution in [0.3, 0.4) is 0 Å². The molecular formula is C19H23N5O2. The van der Waals surface area contributed by atoms with E-state index in [2.05, 4.69) is 15.4 Å². The molecule has 3 heterocycles. The van der Waals surface area contributed by atoms with Crippen LogP contribution in [0, 0.1) is 13.8 Å². The Morgan fingerprint density at radius 3 is 2.77 bits per heavy atom. The number of hydrogen-bond donors (Lipinski definition) is 1. The molecule has 2 aromatic heterocycles. The summed E-state index contributed by atoms with van der Waals surface area (Å²) >= 11 is 0. The molecule has 2 amide bonds. The fourth-order valence-corrected chi connectivity index (χ4v) is 3.83. The second-order valence-electron chi connectivity index (χ2n) is 7.23. The monoisotopic (exact) mass is 353 g/mol. The van der Waals surface area contributed by atoms with Gasteiger partial charge in [0.1, 0.15) is 6.54 Å². The van der Waals surface area contributed by atoms with Gasteiger partial charge in [-0.15, -0.1) is 0 Å². The third-order valence-corrected chi connectivity index (χ3v) is 5.07. The van der Waals surface area contributed by atoms with Crippen molar-refractivity contribution in [2.45, 2.75) is 57.8 Å². The normalized spacial score (nSPS) is 22.7. The molecule has 1 aliphatic heterocycles. The van der Waals surface area contributed by atoms with Gasteiger partial charge in [-0.3, -0.25) is 19.3 Å². The molecule has 0 radical (unpaired) electrons. The Morgan fingerprint density at radius 2 is 2.15 bits per heavy atom. The van der Waals surface area contributed by atoms with Gasteiger partial charge in [0, 0.05) is 30.6 Å². The van der Waals surface area contributed by atoms with Crippen molar-refractivity contribution in [3.8, 4) is 0 Å². The predicted molar refractivity (Wildman–Crippen MR) is 95.1 cm³/mol. The number of amides is 2. The zero-order valence-electron chi connectivity index (χ0n) is 15.1. The van der Waals surface area contributed by atoms with Crippen molar-refractivity contribution in [1.29, 1.82) is 0 Å². The van der Waals surface area contributed by atoms with Gasteiger partial charge in [-0.25, -0.2) is 0 Å². The van der Waals surface area contributed by atoms with E-state index in [0.717, 1.165) is 29.8 Å². The van der Waals surface area contributed by atoms with Crippen molar-refractivity contribution in [2.24, 2.45) is 0 Å². The first-order valence-corrected chi connectivity index (χ1v) is 9.04. The van der Waals surface area contributed by atoms with Crippen molar-refractivity contribution >= 4 is 11.8 Å². The molecule has 26 heavy (non-hydrogen) atoms. The van der Waals surface area contributed by atoms with Crippen molar-refractivity contribution < 1.29 is 9.59 Å². The van der Waals surface area contributed by atoms with Gasteiger partial charge in [0.2, 0.25) is 11.8 Å². The lowest BCUT2D eigenvalue weighted by Crippen LogP contribution is -2.42. The number of aryl methyl sites for hydroxylation is 2. The minimum absolute atomic E-state index is 0.109. The third-order valence-electron chi connectivity index (χ3n) is 5.07. The minimum Gasteiger partial charge on any atom is -0.349 e. The smallest absolute Gasteiger partial charge is 0.242 e. The Bertz CT molecular complexity index is 828. The van der Waals surface area contributed by atoms with Crippen LogP contribution in [-0.2, 0) is 16.1 Å². The first-order chi connectivity index (χ1) is 12.5. The first kappa shape index (κ1) is 16.8. The van der Waals surface area contributed by atoms with Crippen LogP contribution in [0.15, 0.2) is 30.6 Å². The van der Waals surface area contributed by atoms with Crippen LogP contribution in [-0.4, -0.2) is 43.6 Å². The number of aromatic nitrogens is 3. The van der Waals surface area contributed by atoms with Gasteiger partial charge in [0.25, 0.3) is 0 Å². The number of pyridine rings is 1. The van der Waals surface area contributed by atoms with E-state index in [9.17, 15) is 9.59 Å². The molecule has 1 N–H and O–H groups in total. The van der Waals surface area contributed by atoms with E-state index >= 15 is 0 Å². The summed E-state index contributed by atoms with van der Waals surface area (Å²) in [5, 5.41) is 7.40. The van der Waals surface area contributed by atoms with E-state index < -0.39 is 0 Å². The molecular weight excluding hydrogens is 330 g/mol. The molecule has 0 unspecified atom stereocenters. The van der Waals surface area contributed by atoms with E-state index in [-0.39, 0.29) is 30.4 Å². The highest BCUT2D eigenvalue weighted by atomic mass is 16.2. The van der Waals surface area contributed by atoms with Crippen molar-refractivity contribution in [3.63, 3.8) is 0 Å². The number of carbonyl (C=O) groups excluding carboxylic acids is 2. The quantitative estimate of drug-likeness (QED) is 0.884. The fraction of sp³-hybridized carbons (Fsp3) is 0.474. The second kappa shape index (κ2) is 6.55. The molecule has 2 aromatic rings.